The number of anilines is 1. The molecule has 10 nitrogen and oxygen atoms in total. The number of nitrogens with two attached hydrogens (primary N) is 1. The van der Waals surface area contributed by atoms with Crippen molar-refractivity contribution in [2.24, 2.45) is 5.73 Å². The first kappa shape index (κ1) is 25.6. The molecule has 3 N–H and O–H groups in total. The van der Waals surface area contributed by atoms with Crippen molar-refractivity contribution in [3.63, 3.8) is 0 Å². The number of hydrogen-bond acceptors (Lipinski definition) is 7. The lowest BCUT2D eigenvalue weighted by Crippen LogP contribution is -2.47. The maximum atomic E-state index is 13.1. The van der Waals surface area contributed by atoms with E-state index in [4.69, 9.17) is 10.5 Å². The summed E-state index contributed by atoms with van der Waals surface area (Å²) in [6.45, 7) is 4.72. The third kappa shape index (κ3) is 5.81. The molecule has 4 heterocycles. The molecule has 1 aromatic heterocycles. The minimum atomic E-state index is -0.588. The van der Waals surface area contributed by atoms with Crippen molar-refractivity contribution in [1.29, 1.82) is 0 Å². The zero-order valence-corrected chi connectivity index (χ0v) is 21.1. The van der Waals surface area contributed by atoms with Gasteiger partial charge >= 0.3 is 0 Å². The molecule has 192 valence electrons. The maximum Gasteiger partial charge on any atom is 0.272 e. The standard InChI is InChI=1S/C26H34N6O4/c1-16-13-22-26(35)31(3)11-5-4-8-20(27)25(34)32-12-6-7-19(32)15-36-23-10-9-18(24(28-16)30-22)14-21(23)29-17(2)33/h9-10,13-14,19-20H,4-8,11-12,15,27H2,1-3H3,(H,29,33)/t19-,20-/m0/s1. The molecular formula is C26H34N6O4. The van der Waals surface area contributed by atoms with Crippen LogP contribution in [0.3, 0.4) is 0 Å². The lowest BCUT2D eigenvalue weighted by Gasteiger charge is -2.28. The van der Waals surface area contributed by atoms with Crippen LogP contribution in [0.25, 0.3) is 11.4 Å². The number of aryl methyl sites for hydroxylation is 1. The summed E-state index contributed by atoms with van der Waals surface area (Å²) < 4.78 is 6.11. The monoisotopic (exact) mass is 494 g/mol. The van der Waals surface area contributed by atoms with Crippen molar-refractivity contribution in [3.05, 3.63) is 35.7 Å². The summed E-state index contributed by atoms with van der Waals surface area (Å²) in [5.74, 6) is 0.354. The second-order valence-corrected chi connectivity index (χ2v) is 9.58. The topological polar surface area (TPSA) is 131 Å². The van der Waals surface area contributed by atoms with Crippen LogP contribution in [-0.2, 0) is 9.59 Å². The van der Waals surface area contributed by atoms with Crippen LogP contribution in [0.2, 0.25) is 0 Å². The fraction of sp³-hybridized carbons (Fsp3) is 0.500. The van der Waals surface area contributed by atoms with Gasteiger partial charge in [0.2, 0.25) is 11.8 Å². The summed E-state index contributed by atoms with van der Waals surface area (Å²) in [5, 5.41) is 2.81. The largest absolute Gasteiger partial charge is 0.489 e. The highest BCUT2D eigenvalue weighted by Crippen LogP contribution is 2.31. The first-order valence-electron chi connectivity index (χ1n) is 12.4. The number of carbonyl (C=O) groups is 3. The smallest absolute Gasteiger partial charge is 0.272 e. The van der Waals surface area contributed by atoms with Crippen molar-refractivity contribution >= 4 is 23.4 Å². The van der Waals surface area contributed by atoms with Crippen molar-refractivity contribution < 1.29 is 19.1 Å². The van der Waals surface area contributed by atoms with Crippen LogP contribution in [0.5, 0.6) is 5.75 Å². The van der Waals surface area contributed by atoms with Gasteiger partial charge < -0.3 is 25.6 Å². The average Bonchev–Trinajstić information content (AvgIpc) is 3.31. The Morgan fingerprint density at radius 3 is 2.69 bits per heavy atom. The number of ether oxygens (including phenoxy) is 1. The number of aromatic nitrogens is 2. The van der Waals surface area contributed by atoms with Gasteiger partial charge in [-0.1, -0.05) is 0 Å². The molecule has 0 aliphatic carbocycles. The molecule has 10 heteroatoms. The number of fused-ring (bicyclic) bond motifs is 10. The molecule has 1 aromatic carbocycles. The van der Waals surface area contributed by atoms with Crippen LogP contribution in [0.15, 0.2) is 24.3 Å². The molecule has 5 rings (SSSR count). The normalized spacial score (nSPS) is 21.3. The Balaban J connectivity index is 1.72. The van der Waals surface area contributed by atoms with Crippen molar-refractivity contribution in [3.8, 4) is 17.1 Å². The lowest BCUT2D eigenvalue weighted by molar-refractivity contribution is -0.134. The highest BCUT2D eigenvalue weighted by molar-refractivity contribution is 5.93. The number of nitrogens with one attached hydrogen (secondary N) is 1. The molecule has 3 aliphatic rings. The number of nitrogens with zero attached hydrogens (tertiary/aromatic N) is 4. The van der Waals surface area contributed by atoms with Gasteiger partial charge in [0, 0.05) is 38.3 Å². The molecule has 0 saturated carbocycles. The second kappa shape index (κ2) is 11.0. The Morgan fingerprint density at radius 1 is 1.11 bits per heavy atom. The third-order valence-electron chi connectivity index (χ3n) is 6.64. The van der Waals surface area contributed by atoms with E-state index in [2.05, 4.69) is 15.3 Å². The van der Waals surface area contributed by atoms with E-state index in [1.165, 1.54) is 6.92 Å². The Labute approximate surface area is 211 Å². The highest BCUT2D eigenvalue weighted by Gasteiger charge is 2.32. The van der Waals surface area contributed by atoms with Gasteiger partial charge in [-0.25, -0.2) is 9.97 Å². The Bertz CT molecular complexity index is 1150. The number of rotatable bonds is 1. The van der Waals surface area contributed by atoms with Gasteiger partial charge in [-0.15, -0.1) is 0 Å². The first-order chi connectivity index (χ1) is 17.2. The van der Waals surface area contributed by atoms with Gasteiger partial charge in [-0.2, -0.15) is 0 Å². The van der Waals surface area contributed by atoms with E-state index in [9.17, 15) is 14.4 Å². The predicted molar refractivity (Wildman–Crippen MR) is 136 cm³/mol. The van der Waals surface area contributed by atoms with E-state index < -0.39 is 6.04 Å². The van der Waals surface area contributed by atoms with Crippen molar-refractivity contribution in [1.82, 2.24) is 19.8 Å². The van der Waals surface area contributed by atoms with E-state index in [1.54, 1.807) is 36.2 Å². The zero-order chi connectivity index (χ0) is 25.8. The minimum Gasteiger partial charge on any atom is -0.489 e. The molecule has 2 atom stereocenters. The highest BCUT2D eigenvalue weighted by atomic mass is 16.5. The van der Waals surface area contributed by atoms with Gasteiger partial charge in [0.1, 0.15) is 18.1 Å². The molecule has 0 radical (unpaired) electrons. The van der Waals surface area contributed by atoms with Crippen LogP contribution in [-0.4, -0.2) is 76.3 Å². The van der Waals surface area contributed by atoms with Crippen LogP contribution >= 0.6 is 0 Å². The molecular weight excluding hydrogens is 460 g/mol. The zero-order valence-electron chi connectivity index (χ0n) is 21.1. The van der Waals surface area contributed by atoms with Gasteiger partial charge in [-0.05, 0) is 63.3 Å². The van der Waals surface area contributed by atoms with Gasteiger partial charge in [0.25, 0.3) is 5.91 Å². The molecule has 1 fully saturated rings. The average molecular weight is 495 g/mol. The summed E-state index contributed by atoms with van der Waals surface area (Å²) >= 11 is 0. The summed E-state index contributed by atoms with van der Waals surface area (Å²) in [4.78, 5) is 50.6. The summed E-state index contributed by atoms with van der Waals surface area (Å²) in [6, 6.07) is 6.29. The van der Waals surface area contributed by atoms with E-state index in [-0.39, 0.29) is 23.8 Å². The second-order valence-electron chi connectivity index (χ2n) is 9.58. The number of hydrogen-bond donors (Lipinski definition) is 2. The molecule has 3 aliphatic heterocycles. The lowest BCUT2D eigenvalue weighted by atomic mass is 10.1. The fourth-order valence-electron chi connectivity index (χ4n) is 4.72. The van der Waals surface area contributed by atoms with E-state index in [0.29, 0.717) is 60.3 Å². The molecule has 0 unspecified atom stereocenters. The predicted octanol–water partition coefficient (Wildman–Crippen LogP) is 2.36. The van der Waals surface area contributed by atoms with Crippen LogP contribution in [0, 0.1) is 6.92 Å². The Kier molecular flexibility index (Phi) is 7.83. The molecule has 3 amide bonds. The molecule has 36 heavy (non-hydrogen) atoms. The number of benzene rings is 1. The first-order valence-corrected chi connectivity index (χ1v) is 12.4. The fourth-order valence-corrected chi connectivity index (χ4v) is 4.72. The molecule has 4 bridgehead atoms. The van der Waals surface area contributed by atoms with E-state index in [0.717, 1.165) is 25.7 Å². The summed E-state index contributed by atoms with van der Waals surface area (Å²) in [5.41, 5.74) is 8.34. The minimum absolute atomic E-state index is 0.0670. The number of carbonyl (C=O) groups excluding carboxylic acids is 3. The van der Waals surface area contributed by atoms with Crippen LogP contribution in [0.1, 0.15) is 55.2 Å². The SMILES string of the molecule is CC(=O)Nc1cc2ccc1OC[C@@H]1CCCN1C(=O)[C@@H](N)CCCCN(C)C(=O)c1cc(C)nc-2n1. The van der Waals surface area contributed by atoms with Gasteiger partial charge in [0.05, 0.1) is 17.8 Å². The van der Waals surface area contributed by atoms with E-state index in [1.807, 2.05) is 11.8 Å². The molecule has 2 aromatic rings. The third-order valence-corrected chi connectivity index (χ3v) is 6.64. The Morgan fingerprint density at radius 2 is 1.92 bits per heavy atom. The number of amides is 3. The van der Waals surface area contributed by atoms with Crippen LogP contribution in [0.4, 0.5) is 5.69 Å². The Hall–Kier alpha value is -3.53. The van der Waals surface area contributed by atoms with Crippen molar-refractivity contribution in [2.45, 2.75) is 58.0 Å². The molecule has 0 spiro atoms. The summed E-state index contributed by atoms with van der Waals surface area (Å²) in [6.07, 6.45) is 3.74. The molecule has 1 saturated heterocycles. The van der Waals surface area contributed by atoms with Gasteiger partial charge in [-0.3, -0.25) is 14.4 Å². The maximum absolute atomic E-state index is 13.1. The van der Waals surface area contributed by atoms with Gasteiger partial charge in [0.15, 0.2) is 5.82 Å². The van der Waals surface area contributed by atoms with Crippen LogP contribution < -0.4 is 15.8 Å². The summed E-state index contributed by atoms with van der Waals surface area (Å²) in [7, 11) is 1.74. The quantitative estimate of drug-likeness (QED) is 0.622. The van der Waals surface area contributed by atoms with Crippen molar-refractivity contribution in [2.75, 3.05) is 32.1 Å². The van der Waals surface area contributed by atoms with E-state index >= 15 is 0 Å².